The summed E-state index contributed by atoms with van der Waals surface area (Å²) in [5, 5.41) is 92.8. The molecule has 102 heavy (non-hydrogen) atoms. The van der Waals surface area contributed by atoms with Gasteiger partial charge in [0.05, 0.1) is 110 Å². The molecule has 4 rings (SSSR count). The highest BCUT2D eigenvalue weighted by atomic mass is 32.7. The molecule has 596 valence electrons. The van der Waals surface area contributed by atoms with Crippen LogP contribution < -0.4 is 5.32 Å². The van der Waals surface area contributed by atoms with E-state index in [1.54, 1.807) is 44.2 Å². The van der Waals surface area contributed by atoms with Crippen molar-refractivity contribution in [3.8, 4) is 0 Å². The lowest BCUT2D eigenvalue weighted by Gasteiger charge is -2.42. The molecule has 3 aliphatic rings. The first-order valence-corrected chi connectivity index (χ1v) is 44.0. The SMILES string of the molecule is CC(=O)NC1[C@H](OCCCCOP(O)(=S)OCCCOCC(COCCCOP(=O)(S)OCCCCO[C@@H]2OC(CO)[C@@H](O)[C@H](O)C2C)(COCCCOP(O)(=S)OCCCCO[C@@H]2OC(CO)[C@H](O)[C@H](O)C2C)COCCCOP(O)(=S)OC(=O)OCc2ccccc2)OC(CO)[C@H](O)[C@@H]1O. The fourth-order valence-corrected chi connectivity index (χ4v) is 14.8. The van der Waals surface area contributed by atoms with Gasteiger partial charge in [-0.3, -0.25) is 9.32 Å². The number of carbonyl (C=O) groups excluding carboxylic acids is 2. The van der Waals surface area contributed by atoms with Gasteiger partial charge < -0.3 is 150 Å². The van der Waals surface area contributed by atoms with Gasteiger partial charge in [0.15, 0.2) is 18.9 Å². The zero-order valence-electron chi connectivity index (χ0n) is 57.5. The second-order valence-corrected chi connectivity index (χ2v) is 35.6. The molecule has 20 atom stereocenters. The molecule has 35 nitrogen and oxygen atoms in total. The molecule has 3 heterocycles. The molecular formula is C59H107NO34P4S4. The van der Waals surface area contributed by atoms with Gasteiger partial charge in [-0.15, -0.1) is 0 Å². The van der Waals surface area contributed by atoms with Gasteiger partial charge in [0.1, 0.15) is 55.4 Å². The minimum Gasteiger partial charge on any atom is -0.429 e. The van der Waals surface area contributed by atoms with E-state index in [0.29, 0.717) is 44.1 Å². The first-order chi connectivity index (χ1) is 48.5. The molecule has 0 saturated carbocycles. The van der Waals surface area contributed by atoms with Crippen LogP contribution in [-0.2, 0) is 140 Å². The van der Waals surface area contributed by atoms with Crippen LogP contribution in [0.5, 0.6) is 0 Å². The highest BCUT2D eigenvalue weighted by molar-refractivity contribution is 8.44. The Morgan fingerprint density at radius 1 is 0.480 bits per heavy atom. The standard InChI is InChI=1S/C59H107NO34P4S4/c1-41-49(65)51(67)45(33-61)91-55(41)80-23-7-10-26-84-95(72,99)87-29-13-19-76-37-59(40-79-22-16-32-90-98(75,102)94-58(71)83-36-44-17-5-4-6-18-44,38-77-20-14-30-88-96(73,100)85-27-11-8-24-81-56-42(2)50(66)52(68)46(34-62)92-56)39-78-21-15-31-89-97(74,101)86-28-12-9-25-82-57-48(60-43(3)64)54(70)53(69)47(35-63)93-57/h4-6,17-18,41-42,45-57,61-63,65-70H,7-16,19-40H2,1-3H3,(H,60,64)(H,72,99)(H,73,100)(H,74,101)(H,75,102)/t41?,42?,45?,46?,47?,48?,49-,50-,51-,52+,53+,54-,55-,56-,57-,59?,95?,96?,97?,98?/m1/s1. The maximum Gasteiger partial charge on any atom is 0.515 e. The number of unbranched alkanes of at least 4 members (excludes halogenated alkanes) is 3. The molecule has 3 aliphatic heterocycles. The highest BCUT2D eigenvalue weighted by Crippen LogP contribution is 2.53. The van der Waals surface area contributed by atoms with Crippen LogP contribution in [0.25, 0.3) is 0 Å². The number of amides is 1. The van der Waals surface area contributed by atoms with Crippen LogP contribution in [0, 0.1) is 17.3 Å². The molecule has 11 unspecified atom stereocenters. The van der Waals surface area contributed by atoms with Crippen molar-refractivity contribution in [3.63, 3.8) is 0 Å². The van der Waals surface area contributed by atoms with Crippen molar-refractivity contribution in [2.24, 2.45) is 17.3 Å². The number of carbonyl (C=O) groups is 2. The molecule has 1 aromatic rings. The number of ether oxygens (including phenoxy) is 11. The number of thiol groups is 1. The molecule has 1 aromatic carbocycles. The Kier molecular flexibility index (Phi) is 46.2. The molecule has 1 amide bonds. The van der Waals surface area contributed by atoms with Crippen molar-refractivity contribution < 1.29 is 163 Å². The summed E-state index contributed by atoms with van der Waals surface area (Å²) in [4.78, 5) is 56.3. The molecule has 3 fully saturated rings. The lowest BCUT2D eigenvalue weighted by atomic mass is 9.92. The van der Waals surface area contributed by atoms with Crippen molar-refractivity contribution in [2.45, 2.75) is 171 Å². The van der Waals surface area contributed by atoms with Gasteiger partial charge in [-0.05, 0) is 93.4 Å². The number of aliphatic hydroxyl groups is 9. The molecule has 0 bridgehead atoms. The predicted molar refractivity (Wildman–Crippen MR) is 374 cm³/mol. The summed E-state index contributed by atoms with van der Waals surface area (Å²) in [6.07, 6.45) is -12.0. The minimum absolute atomic E-state index is 0.00580. The summed E-state index contributed by atoms with van der Waals surface area (Å²) in [5.74, 6) is -1.64. The number of nitrogens with one attached hydrogen (secondary N) is 1. The third-order valence-corrected chi connectivity index (χ3v) is 22.1. The zero-order valence-corrected chi connectivity index (χ0v) is 64.4. The van der Waals surface area contributed by atoms with Crippen LogP contribution in [0.1, 0.15) is 90.5 Å². The number of hydrogen-bond donors (Lipinski definition) is 14. The van der Waals surface area contributed by atoms with Gasteiger partial charge in [0.25, 0.3) is 0 Å². The minimum atomic E-state index is -4.09. The largest absolute Gasteiger partial charge is 0.515 e. The first kappa shape index (κ1) is 93.7. The van der Waals surface area contributed by atoms with Crippen LogP contribution in [0.2, 0.25) is 0 Å². The maximum absolute atomic E-state index is 13.1. The average Bonchev–Trinajstić information content (AvgIpc) is 0.820. The number of benzene rings is 1. The summed E-state index contributed by atoms with van der Waals surface area (Å²) >= 11 is 19.6. The Hall–Kier alpha value is -0.670. The van der Waals surface area contributed by atoms with Crippen LogP contribution in [-0.4, -0.2) is 291 Å². The van der Waals surface area contributed by atoms with Crippen molar-refractivity contribution in [1.29, 1.82) is 0 Å². The number of hydrogen-bond acceptors (Lipinski definition) is 34. The van der Waals surface area contributed by atoms with E-state index in [9.17, 15) is 74.8 Å². The van der Waals surface area contributed by atoms with Crippen LogP contribution in [0.15, 0.2) is 30.3 Å². The summed E-state index contributed by atoms with van der Waals surface area (Å²) in [6, 6.07) is 7.64. The predicted octanol–water partition coefficient (Wildman–Crippen LogP) is 2.24. The molecule has 0 aromatic heterocycles. The molecule has 3 saturated heterocycles. The summed E-state index contributed by atoms with van der Waals surface area (Å²) in [7, 11) is 0. The summed E-state index contributed by atoms with van der Waals surface area (Å²) in [6.45, 7) is -12.8. The van der Waals surface area contributed by atoms with Gasteiger partial charge in [-0.1, -0.05) is 56.4 Å². The van der Waals surface area contributed by atoms with Crippen LogP contribution in [0.3, 0.4) is 0 Å². The third kappa shape index (κ3) is 36.9. The smallest absolute Gasteiger partial charge is 0.429 e. The van der Waals surface area contributed by atoms with Gasteiger partial charge in [0, 0.05) is 76.8 Å². The summed E-state index contributed by atoms with van der Waals surface area (Å²) in [5.41, 5.74) is -0.420. The lowest BCUT2D eigenvalue weighted by Crippen LogP contribution is -2.64. The van der Waals surface area contributed by atoms with Gasteiger partial charge in [-0.2, -0.15) is 0 Å². The second kappa shape index (κ2) is 50.3. The molecule has 0 radical (unpaired) electrons. The van der Waals surface area contributed by atoms with E-state index in [1.807, 2.05) is 0 Å². The lowest BCUT2D eigenvalue weighted by molar-refractivity contribution is -0.282. The van der Waals surface area contributed by atoms with Crippen molar-refractivity contribution >= 4 is 86.7 Å². The van der Waals surface area contributed by atoms with Crippen LogP contribution in [0.4, 0.5) is 4.79 Å². The molecule has 0 spiro atoms. The first-order valence-electron chi connectivity index (χ1n) is 33.5. The Morgan fingerprint density at radius 2 is 0.814 bits per heavy atom. The quantitative estimate of drug-likeness (QED) is 0.0192. The van der Waals surface area contributed by atoms with E-state index in [0.717, 1.165) is 0 Å². The Labute approximate surface area is 615 Å². The molecule has 13 N–H and O–H groups in total. The van der Waals surface area contributed by atoms with E-state index in [1.165, 1.54) is 6.92 Å². The third-order valence-electron chi connectivity index (χ3n) is 15.6. The van der Waals surface area contributed by atoms with E-state index < -0.39 is 156 Å². The molecular weight excluding hydrogens is 1520 g/mol. The Morgan fingerprint density at radius 3 is 1.21 bits per heavy atom. The van der Waals surface area contributed by atoms with Crippen LogP contribution >= 0.6 is 39.2 Å². The van der Waals surface area contributed by atoms with Gasteiger partial charge in [0.2, 0.25) is 5.91 Å². The van der Waals surface area contributed by atoms with Crippen molar-refractivity contribution in [1.82, 2.24) is 5.32 Å². The zero-order chi connectivity index (χ0) is 75.2. The molecule has 43 heteroatoms. The Bertz CT molecular complexity index is 2580. The highest BCUT2D eigenvalue weighted by Gasteiger charge is 2.46. The maximum atomic E-state index is 13.1. The van der Waals surface area contributed by atoms with E-state index in [2.05, 4.69) is 17.6 Å². The van der Waals surface area contributed by atoms with Gasteiger partial charge >= 0.3 is 33.1 Å². The fraction of sp³-hybridized carbons (Fsp3) is 0.864. The molecule has 0 aliphatic carbocycles. The summed E-state index contributed by atoms with van der Waals surface area (Å²) < 4.78 is 120. The van der Waals surface area contributed by atoms with E-state index >= 15 is 0 Å². The van der Waals surface area contributed by atoms with E-state index in [4.69, 9.17) is 124 Å². The fourth-order valence-electron chi connectivity index (χ4n) is 9.93. The van der Waals surface area contributed by atoms with E-state index in [-0.39, 0.29) is 151 Å². The number of aliphatic hydroxyl groups excluding tert-OH is 9. The van der Waals surface area contributed by atoms with Crippen molar-refractivity contribution in [2.75, 3.05) is 139 Å². The second-order valence-electron chi connectivity index (χ2n) is 24.2. The average molecular weight is 1630 g/mol. The Balaban J connectivity index is 1.32. The topological polar surface area (TPSA) is 481 Å². The van der Waals surface area contributed by atoms with Gasteiger partial charge in [-0.25, -0.2) is 9.36 Å². The monoisotopic (exact) mass is 1630 g/mol. The number of rotatable bonds is 56. The normalized spacial score (nSPS) is 28.5. The van der Waals surface area contributed by atoms with Crippen molar-refractivity contribution in [3.05, 3.63) is 35.9 Å².